The Hall–Kier alpha value is -2.52. The van der Waals surface area contributed by atoms with Gasteiger partial charge >= 0.3 is 12.1 Å². The lowest BCUT2D eigenvalue weighted by Gasteiger charge is -2.16. The maximum Gasteiger partial charge on any atom is 0.510 e. The van der Waals surface area contributed by atoms with E-state index in [0.29, 0.717) is 12.1 Å². The van der Waals surface area contributed by atoms with Gasteiger partial charge in [0.1, 0.15) is 0 Å². The number of rotatable bonds is 6. The highest BCUT2D eigenvalue weighted by Crippen LogP contribution is 2.19. The zero-order valence-corrected chi connectivity index (χ0v) is 14.4. The maximum absolute atomic E-state index is 12.0. The van der Waals surface area contributed by atoms with Crippen LogP contribution in [0.5, 0.6) is 0 Å². The highest BCUT2D eigenvalue weighted by molar-refractivity contribution is 5.79. The van der Waals surface area contributed by atoms with E-state index in [2.05, 4.69) is 16.7 Å². The van der Waals surface area contributed by atoms with Crippen LogP contribution in [0.3, 0.4) is 0 Å². The summed E-state index contributed by atoms with van der Waals surface area (Å²) in [5, 5.41) is 0. The first kappa shape index (κ1) is 18.8. The lowest BCUT2D eigenvalue weighted by atomic mass is 10.1. The third kappa shape index (κ3) is 6.48. The Morgan fingerprint density at radius 3 is 2.52 bits per heavy atom. The highest BCUT2D eigenvalue weighted by atomic mass is 16.7. The van der Waals surface area contributed by atoms with Crippen molar-refractivity contribution in [2.24, 2.45) is 0 Å². The van der Waals surface area contributed by atoms with Gasteiger partial charge in [0.05, 0.1) is 13.2 Å². The van der Waals surface area contributed by atoms with Crippen molar-refractivity contribution in [3.05, 3.63) is 35.9 Å². The zero-order chi connectivity index (χ0) is 17.9. The predicted molar refractivity (Wildman–Crippen MR) is 91.7 cm³/mol. The maximum atomic E-state index is 12.0. The molecule has 0 amide bonds. The first-order valence-electron chi connectivity index (χ1n) is 8.43. The molecule has 1 aliphatic heterocycles. The fraction of sp³-hybridized carbons (Fsp3) is 0.474. The first-order chi connectivity index (χ1) is 12.2. The van der Waals surface area contributed by atoms with Gasteiger partial charge in [-0.05, 0) is 32.9 Å². The van der Waals surface area contributed by atoms with Gasteiger partial charge in [0, 0.05) is 5.56 Å². The number of likely N-dealkylation sites (tertiary alicyclic amines) is 1. The SMILES string of the molecule is CCOC(=O)C(OC(=O)OCC#CCN1CCCC1)c1ccccc1. The number of hydrogen-bond acceptors (Lipinski definition) is 6. The Morgan fingerprint density at radius 1 is 1.12 bits per heavy atom. The molecule has 134 valence electrons. The van der Waals surface area contributed by atoms with E-state index in [1.165, 1.54) is 12.8 Å². The Bertz CT molecular complexity index is 614. The summed E-state index contributed by atoms with van der Waals surface area (Å²) >= 11 is 0. The lowest BCUT2D eigenvalue weighted by Crippen LogP contribution is -2.22. The van der Waals surface area contributed by atoms with Crippen molar-refractivity contribution in [3.8, 4) is 11.8 Å². The van der Waals surface area contributed by atoms with Gasteiger partial charge in [-0.1, -0.05) is 42.2 Å². The molecule has 1 fully saturated rings. The summed E-state index contributed by atoms with van der Waals surface area (Å²) in [4.78, 5) is 26.1. The van der Waals surface area contributed by atoms with E-state index < -0.39 is 18.2 Å². The number of nitrogens with zero attached hydrogens (tertiary/aromatic N) is 1. The standard InChI is InChI=1S/C19H23NO5/c1-2-23-18(21)17(16-10-4-3-5-11-16)25-19(22)24-15-9-8-14-20-12-6-7-13-20/h3-5,10-11,17H,2,6-7,12-15H2,1H3. The molecule has 1 atom stereocenters. The normalized spacial score (nSPS) is 14.9. The van der Waals surface area contributed by atoms with Gasteiger partial charge in [-0.2, -0.15) is 0 Å². The van der Waals surface area contributed by atoms with Crippen LogP contribution in [0, 0.1) is 11.8 Å². The van der Waals surface area contributed by atoms with Gasteiger partial charge in [-0.25, -0.2) is 9.59 Å². The van der Waals surface area contributed by atoms with Crippen molar-refractivity contribution in [1.29, 1.82) is 0 Å². The second kappa shape index (κ2) is 10.4. The number of esters is 1. The van der Waals surface area contributed by atoms with Crippen LogP contribution in [0.15, 0.2) is 30.3 Å². The van der Waals surface area contributed by atoms with Gasteiger partial charge in [-0.15, -0.1) is 0 Å². The molecule has 1 aliphatic rings. The summed E-state index contributed by atoms with van der Waals surface area (Å²) in [5.41, 5.74) is 0.526. The van der Waals surface area contributed by atoms with Gasteiger partial charge in [0.15, 0.2) is 6.61 Å². The van der Waals surface area contributed by atoms with Gasteiger partial charge in [0.25, 0.3) is 0 Å². The van der Waals surface area contributed by atoms with E-state index in [4.69, 9.17) is 14.2 Å². The molecule has 2 rings (SSSR count). The van der Waals surface area contributed by atoms with Crippen LogP contribution in [-0.4, -0.2) is 49.9 Å². The molecule has 1 saturated heterocycles. The van der Waals surface area contributed by atoms with Crippen molar-refractivity contribution in [1.82, 2.24) is 4.90 Å². The van der Waals surface area contributed by atoms with Crippen LogP contribution in [0.2, 0.25) is 0 Å². The number of ether oxygens (including phenoxy) is 3. The van der Waals surface area contributed by atoms with E-state index in [-0.39, 0.29) is 13.2 Å². The van der Waals surface area contributed by atoms with Gasteiger partial charge < -0.3 is 14.2 Å². The molecule has 0 radical (unpaired) electrons. The third-order valence-corrected chi connectivity index (χ3v) is 3.71. The average molecular weight is 345 g/mol. The van der Waals surface area contributed by atoms with Crippen LogP contribution in [0.1, 0.15) is 31.4 Å². The first-order valence-corrected chi connectivity index (χ1v) is 8.43. The molecule has 1 aromatic carbocycles. The molecule has 0 spiro atoms. The molecule has 0 aliphatic carbocycles. The zero-order valence-electron chi connectivity index (χ0n) is 14.4. The van der Waals surface area contributed by atoms with Crippen molar-refractivity contribution >= 4 is 12.1 Å². The smallest absolute Gasteiger partial charge is 0.463 e. The fourth-order valence-corrected chi connectivity index (χ4v) is 2.48. The van der Waals surface area contributed by atoms with E-state index in [1.54, 1.807) is 37.3 Å². The molecular formula is C19H23NO5. The van der Waals surface area contributed by atoms with Crippen LogP contribution in [-0.2, 0) is 19.0 Å². The number of hydrogen-bond donors (Lipinski definition) is 0. The largest absolute Gasteiger partial charge is 0.510 e. The predicted octanol–water partition coefficient (Wildman–Crippen LogP) is 2.54. The van der Waals surface area contributed by atoms with Crippen molar-refractivity contribution in [2.75, 3.05) is 32.8 Å². The van der Waals surface area contributed by atoms with Crippen LogP contribution in [0.4, 0.5) is 4.79 Å². The summed E-state index contributed by atoms with van der Waals surface area (Å²) < 4.78 is 15.0. The minimum atomic E-state index is -1.15. The topological polar surface area (TPSA) is 65.1 Å². The van der Waals surface area contributed by atoms with Crippen molar-refractivity contribution in [2.45, 2.75) is 25.9 Å². The molecule has 6 nitrogen and oxygen atoms in total. The highest BCUT2D eigenvalue weighted by Gasteiger charge is 2.26. The van der Waals surface area contributed by atoms with Crippen LogP contribution < -0.4 is 0 Å². The van der Waals surface area contributed by atoms with Crippen molar-refractivity contribution in [3.63, 3.8) is 0 Å². The molecule has 25 heavy (non-hydrogen) atoms. The average Bonchev–Trinajstić information content (AvgIpc) is 3.14. The van der Waals surface area contributed by atoms with E-state index in [0.717, 1.165) is 13.1 Å². The van der Waals surface area contributed by atoms with Crippen LogP contribution >= 0.6 is 0 Å². The minimum Gasteiger partial charge on any atom is -0.463 e. The molecular weight excluding hydrogens is 322 g/mol. The molecule has 1 aromatic rings. The quantitative estimate of drug-likeness (QED) is 0.583. The summed E-state index contributed by atoms with van der Waals surface area (Å²) in [6.07, 6.45) is 0.321. The summed E-state index contributed by atoms with van der Waals surface area (Å²) in [5.74, 6) is 5.11. The Labute approximate surface area is 148 Å². The minimum absolute atomic E-state index is 0.0724. The number of benzene rings is 1. The molecule has 0 saturated carbocycles. The summed E-state index contributed by atoms with van der Waals surface area (Å²) in [6, 6.07) is 8.68. The van der Waals surface area contributed by atoms with Crippen molar-refractivity contribution < 1.29 is 23.8 Å². The van der Waals surface area contributed by atoms with E-state index in [9.17, 15) is 9.59 Å². The monoisotopic (exact) mass is 345 g/mol. The molecule has 0 bridgehead atoms. The summed E-state index contributed by atoms with van der Waals surface area (Å²) in [6.45, 7) is 4.62. The fourth-order valence-electron chi connectivity index (χ4n) is 2.48. The Balaban J connectivity index is 1.82. The Kier molecular flexibility index (Phi) is 7.80. The van der Waals surface area contributed by atoms with Crippen LogP contribution in [0.25, 0.3) is 0 Å². The molecule has 1 unspecified atom stereocenters. The molecule has 0 aromatic heterocycles. The number of carbonyl (C=O) groups excluding carboxylic acids is 2. The molecule has 6 heteroatoms. The van der Waals surface area contributed by atoms with E-state index in [1.807, 2.05) is 0 Å². The molecule has 0 N–H and O–H groups in total. The lowest BCUT2D eigenvalue weighted by molar-refractivity contribution is -0.154. The summed E-state index contributed by atoms with van der Waals surface area (Å²) in [7, 11) is 0. The Morgan fingerprint density at radius 2 is 1.84 bits per heavy atom. The second-order valence-electron chi connectivity index (χ2n) is 5.54. The molecule has 1 heterocycles. The van der Waals surface area contributed by atoms with Gasteiger partial charge in [0.2, 0.25) is 6.10 Å². The second-order valence-corrected chi connectivity index (χ2v) is 5.54. The number of carbonyl (C=O) groups is 2. The third-order valence-electron chi connectivity index (χ3n) is 3.71. The van der Waals surface area contributed by atoms with Gasteiger partial charge in [-0.3, -0.25) is 4.90 Å². The van der Waals surface area contributed by atoms with E-state index >= 15 is 0 Å².